The van der Waals surface area contributed by atoms with Crippen molar-refractivity contribution in [1.29, 1.82) is 0 Å². The molecule has 3 nitrogen and oxygen atoms in total. The fourth-order valence-corrected chi connectivity index (χ4v) is 3.40. The van der Waals surface area contributed by atoms with E-state index >= 15 is 0 Å². The summed E-state index contributed by atoms with van der Waals surface area (Å²) in [5.41, 5.74) is 7.30. The molecule has 1 unspecified atom stereocenters. The SMILES string of the molecule is COC1(C(N)Cc2nc(C)cs2)CCCC1. The molecule has 1 heterocycles. The number of hydrogen-bond acceptors (Lipinski definition) is 4. The van der Waals surface area contributed by atoms with Gasteiger partial charge in [0.25, 0.3) is 0 Å². The first-order valence-electron chi connectivity index (χ1n) is 5.88. The van der Waals surface area contributed by atoms with E-state index in [0.29, 0.717) is 0 Å². The largest absolute Gasteiger partial charge is 0.377 e. The van der Waals surface area contributed by atoms with E-state index < -0.39 is 0 Å². The number of rotatable bonds is 4. The van der Waals surface area contributed by atoms with Crippen LogP contribution in [0.5, 0.6) is 0 Å². The summed E-state index contributed by atoms with van der Waals surface area (Å²) in [4.78, 5) is 4.47. The van der Waals surface area contributed by atoms with Crippen LogP contribution < -0.4 is 5.73 Å². The van der Waals surface area contributed by atoms with Gasteiger partial charge in [-0.2, -0.15) is 0 Å². The quantitative estimate of drug-likeness (QED) is 0.878. The van der Waals surface area contributed by atoms with Crippen LogP contribution in [0.3, 0.4) is 0 Å². The third kappa shape index (κ3) is 2.29. The Bertz CT molecular complexity index is 345. The van der Waals surface area contributed by atoms with Crippen molar-refractivity contribution in [2.45, 2.75) is 50.7 Å². The highest BCUT2D eigenvalue weighted by Gasteiger charge is 2.39. The van der Waals surface area contributed by atoms with Crippen molar-refractivity contribution in [2.75, 3.05) is 7.11 Å². The Balaban J connectivity index is 2.03. The Morgan fingerprint density at radius 3 is 2.75 bits per heavy atom. The number of thiazole rings is 1. The first kappa shape index (κ1) is 12.0. The lowest BCUT2D eigenvalue weighted by atomic mass is 9.90. The summed E-state index contributed by atoms with van der Waals surface area (Å²) in [7, 11) is 1.79. The second kappa shape index (κ2) is 4.82. The molecule has 1 aromatic heterocycles. The maximum Gasteiger partial charge on any atom is 0.0944 e. The zero-order valence-corrected chi connectivity index (χ0v) is 10.8. The van der Waals surface area contributed by atoms with Gasteiger partial charge in [-0.1, -0.05) is 12.8 Å². The molecule has 0 aromatic carbocycles. The molecule has 1 saturated carbocycles. The summed E-state index contributed by atoms with van der Waals surface area (Å²) in [6, 6.07) is 0.0746. The molecule has 0 spiro atoms. The van der Waals surface area contributed by atoms with Gasteiger partial charge < -0.3 is 10.5 Å². The molecule has 90 valence electrons. The molecule has 2 rings (SSSR count). The van der Waals surface area contributed by atoms with Gasteiger partial charge in [-0.15, -0.1) is 11.3 Å². The Kier molecular flexibility index (Phi) is 3.62. The maximum atomic E-state index is 6.31. The van der Waals surface area contributed by atoms with Crippen LogP contribution in [0.1, 0.15) is 36.4 Å². The molecule has 1 aliphatic rings. The molecule has 1 atom stereocenters. The van der Waals surface area contributed by atoms with Gasteiger partial charge in [0.15, 0.2) is 0 Å². The zero-order chi connectivity index (χ0) is 11.6. The monoisotopic (exact) mass is 240 g/mol. The fraction of sp³-hybridized carbons (Fsp3) is 0.750. The number of nitrogens with zero attached hydrogens (tertiary/aromatic N) is 1. The van der Waals surface area contributed by atoms with Crippen molar-refractivity contribution in [3.63, 3.8) is 0 Å². The number of nitrogens with two attached hydrogens (primary N) is 1. The molecule has 16 heavy (non-hydrogen) atoms. The first-order chi connectivity index (χ1) is 7.66. The molecule has 2 N–H and O–H groups in total. The van der Waals surface area contributed by atoms with E-state index in [2.05, 4.69) is 10.4 Å². The summed E-state index contributed by atoms with van der Waals surface area (Å²) in [5.74, 6) is 0. The number of methoxy groups -OCH3 is 1. The minimum Gasteiger partial charge on any atom is -0.377 e. The molecule has 1 fully saturated rings. The predicted octanol–water partition coefficient (Wildman–Crippen LogP) is 2.28. The van der Waals surface area contributed by atoms with E-state index in [1.54, 1.807) is 18.4 Å². The molecule has 1 aliphatic carbocycles. The Hall–Kier alpha value is -0.450. The normalized spacial score (nSPS) is 21.2. The fourth-order valence-electron chi connectivity index (χ4n) is 2.57. The highest BCUT2D eigenvalue weighted by atomic mass is 32.1. The maximum absolute atomic E-state index is 6.31. The molecule has 0 aliphatic heterocycles. The van der Waals surface area contributed by atoms with E-state index in [-0.39, 0.29) is 11.6 Å². The third-order valence-corrected chi connectivity index (χ3v) is 4.58. The van der Waals surface area contributed by atoms with Crippen molar-refractivity contribution >= 4 is 11.3 Å². The van der Waals surface area contributed by atoms with Crippen molar-refractivity contribution in [3.05, 3.63) is 16.1 Å². The molecular formula is C12H20N2OS. The van der Waals surface area contributed by atoms with Crippen molar-refractivity contribution < 1.29 is 4.74 Å². The van der Waals surface area contributed by atoms with Gasteiger partial charge in [0.05, 0.1) is 10.6 Å². The lowest BCUT2D eigenvalue weighted by Gasteiger charge is -2.33. The predicted molar refractivity (Wildman–Crippen MR) is 66.7 cm³/mol. The van der Waals surface area contributed by atoms with Gasteiger partial charge in [0.1, 0.15) is 0 Å². The topological polar surface area (TPSA) is 48.1 Å². The summed E-state index contributed by atoms with van der Waals surface area (Å²) in [6.07, 6.45) is 5.49. The smallest absolute Gasteiger partial charge is 0.0944 e. The van der Waals surface area contributed by atoms with Crippen LogP contribution in [0.15, 0.2) is 5.38 Å². The zero-order valence-electron chi connectivity index (χ0n) is 10.0. The van der Waals surface area contributed by atoms with Gasteiger partial charge >= 0.3 is 0 Å². The van der Waals surface area contributed by atoms with Gasteiger partial charge in [-0.25, -0.2) is 4.98 Å². The van der Waals surface area contributed by atoms with E-state index in [4.69, 9.17) is 10.5 Å². The first-order valence-corrected chi connectivity index (χ1v) is 6.76. The summed E-state index contributed by atoms with van der Waals surface area (Å²) < 4.78 is 5.69. The van der Waals surface area contributed by atoms with E-state index in [9.17, 15) is 0 Å². The lowest BCUT2D eigenvalue weighted by molar-refractivity contribution is -0.0253. The number of aryl methyl sites for hydroxylation is 1. The minimum atomic E-state index is -0.0976. The van der Waals surface area contributed by atoms with Crippen LogP contribution in [0, 0.1) is 6.92 Å². The molecule has 1 aromatic rings. The average molecular weight is 240 g/mol. The third-order valence-electron chi connectivity index (χ3n) is 3.59. The number of aromatic nitrogens is 1. The van der Waals surface area contributed by atoms with Crippen LogP contribution in [0.25, 0.3) is 0 Å². The summed E-state index contributed by atoms with van der Waals surface area (Å²) >= 11 is 1.70. The highest BCUT2D eigenvalue weighted by molar-refractivity contribution is 7.09. The van der Waals surface area contributed by atoms with E-state index in [1.165, 1.54) is 12.8 Å². The summed E-state index contributed by atoms with van der Waals surface area (Å²) in [5, 5.41) is 3.21. The van der Waals surface area contributed by atoms with Gasteiger partial charge in [-0.3, -0.25) is 0 Å². The highest BCUT2D eigenvalue weighted by Crippen LogP contribution is 2.36. The van der Waals surface area contributed by atoms with Crippen LogP contribution in [-0.2, 0) is 11.2 Å². The van der Waals surface area contributed by atoms with Crippen LogP contribution in [-0.4, -0.2) is 23.7 Å². The Labute approximate surface area is 101 Å². The Morgan fingerprint density at radius 2 is 2.25 bits per heavy atom. The van der Waals surface area contributed by atoms with Gasteiger partial charge in [-0.05, 0) is 19.8 Å². The van der Waals surface area contributed by atoms with Crippen molar-refractivity contribution in [3.8, 4) is 0 Å². The molecule has 0 radical (unpaired) electrons. The Morgan fingerprint density at radius 1 is 1.56 bits per heavy atom. The van der Waals surface area contributed by atoms with E-state index in [1.807, 2.05) is 6.92 Å². The standard InChI is InChI=1S/C12H20N2OS/c1-9-8-16-11(14-9)7-10(13)12(15-2)5-3-4-6-12/h8,10H,3-7,13H2,1-2H3. The molecule has 0 amide bonds. The number of ether oxygens (including phenoxy) is 1. The lowest BCUT2D eigenvalue weighted by Crippen LogP contribution is -2.48. The van der Waals surface area contributed by atoms with Crippen molar-refractivity contribution in [2.24, 2.45) is 5.73 Å². The van der Waals surface area contributed by atoms with Crippen molar-refractivity contribution in [1.82, 2.24) is 4.98 Å². The number of hydrogen-bond donors (Lipinski definition) is 1. The molecule has 0 bridgehead atoms. The van der Waals surface area contributed by atoms with Gasteiger partial charge in [0, 0.05) is 30.6 Å². The van der Waals surface area contributed by atoms with Crippen LogP contribution in [0.4, 0.5) is 0 Å². The second-order valence-corrected chi connectivity index (χ2v) is 5.61. The van der Waals surface area contributed by atoms with Crippen LogP contribution >= 0.6 is 11.3 Å². The molecule has 0 saturated heterocycles. The average Bonchev–Trinajstić information content (AvgIpc) is 2.88. The second-order valence-electron chi connectivity index (χ2n) is 4.67. The van der Waals surface area contributed by atoms with Gasteiger partial charge in [0.2, 0.25) is 0 Å². The van der Waals surface area contributed by atoms with E-state index in [0.717, 1.165) is 30.0 Å². The molecular weight excluding hydrogens is 220 g/mol. The van der Waals surface area contributed by atoms with Crippen LogP contribution in [0.2, 0.25) is 0 Å². The molecule has 4 heteroatoms. The minimum absolute atomic E-state index is 0.0746. The summed E-state index contributed by atoms with van der Waals surface area (Å²) in [6.45, 7) is 2.02.